The van der Waals surface area contributed by atoms with Crippen molar-refractivity contribution in [1.82, 2.24) is 15.4 Å². The zero-order chi connectivity index (χ0) is 15.5. The highest BCUT2D eigenvalue weighted by molar-refractivity contribution is 5.15. The fourth-order valence-corrected chi connectivity index (χ4v) is 2.58. The summed E-state index contributed by atoms with van der Waals surface area (Å²) in [6, 6.07) is 2.53. The molecule has 0 radical (unpaired) electrons. The maximum atomic E-state index is 5.44. The molecule has 0 amide bonds. The highest BCUT2D eigenvalue weighted by Crippen LogP contribution is 2.30. The minimum atomic E-state index is 0.300. The highest BCUT2D eigenvalue weighted by Gasteiger charge is 2.21. The van der Waals surface area contributed by atoms with E-state index in [9.17, 15) is 0 Å². The van der Waals surface area contributed by atoms with E-state index in [0.717, 1.165) is 44.1 Å². The standard InChI is InChI=1S/C17H29N3O/c1-13(2)18-11-15-10-16(21-19-15)12-20-8-6-14(7-9-20)17(3,4)5/h6,10,13,18H,7-9,11-12H2,1-5H3. The molecule has 0 aliphatic carbocycles. The average Bonchev–Trinajstić information content (AvgIpc) is 2.83. The number of nitrogens with one attached hydrogen (secondary N) is 1. The van der Waals surface area contributed by atoms with Crippen LogP contribution in [0.2, 0.25) is 0 Å². The number of hydrogen-bond donors (Lipinski definition) is 1. The number of hydrogen-bond acceptors (Lipinski definition) is 4. The van der Waals surface area contributed by atoms with Crippen LogP contribution in [0.15, 0.2) is 22.2 Å². The summed E-state index contributed by atoms with van der Waals surface area (Å²) in [6.07, 6.45) is 3.53. The van der Waals surface area contributed by atoms with Crippen LogP contribution in [0.25, 0.3) is 0 Å². The number of aromatic nitrogens is 1. The Morgan fingerprint density at radius 1 is 1.38 bits per heavy atom. The molecule has 4 heteroatoms. The van der Waals surface area contributed by atoms with Gasteiger partial charge in [0.1, 0.15) is 0 Å². The molecule has 0 fully saturated rings. The van der Waals surface area contributed by atoms with E-state index in [1.54, 1.807) is 5.57 Å². The van der Waals surface area contributed by atoms with Crippen molar-refractivity contribution in [3.8, 4) is 0 Å². The maximum absolute atomic E-state index is 5.44. The Hall–Kier alpha value is -1.13. The zero-order valence-corrected chi connectivity index (χ0v) is 14.1. The van der Waals surface area contributed by atoms with Crippen molar-refractivity contribution in [3.63, 3.8) is 0 Å². The van der Waals surface area contributed by atoms with E-state index >= 15 is 0 Å². The zero-order valence-electron chi connectivity index (χ0n) is 14.1. The lowest BCUT2D eigenvalue weighted by Gasteiger charge is -2.31. The highest BCUT2D eigenvalue weighted by atomic mass is 16.5. The molecule has 2 heterocycles. The Bertz CT molecular complexity index is 482. The Morgan fingerprint density at radius 2 is 2.14 bits per heavy atom. The summed E-state index contributed by atoms with van der Waals surface area (Å²) in [7, 11) is 0. The lowest BCUT2D eigenvalue weighted by Crippen LogP contribution is -2.30. The molecule has 0 spiro atoms. The molecule has 0 aromatic carbocycles. The fourth-order valence-electron chi connectivity index (χ4n) is 2.58. The van der Waals surface area contributed by atoms with Gasteiger partial charge in [-0.3, -0.25) is 4.90 Å². The summed E-state index contributed by atoms with van der Waals surface area (Å²) in [5.74, 6) is 0.961. The monoisotopic (exact) mass is 291 g/mol. The SMILES string of the molecule is CC(C)NCc1cc(CN2CC=C(C(C)(C)C)CC2)on1. The Balaban J connectivity index is 1.85. The number of nitrogens with zero attached hydrogens (tertiary/aromatic N) is 2. The minimum absolute atomic E-state index is 0.300. The Morgan fingerprint density at radius 3 is 2.71 bits per heavy atom. The second kappa shape index (κ2) is 6.75. The third kappa shape index (κ3) is 4.97. The van der Waals surface area contributed by atoms with Gasteiger partial charge in [-0.2, -0.15) is 0 Å². The molecule has 2 rings (SSSR count). The third-order valence-corrected chi connectivity index (χ3v) is 3.94. The first-order valence-electron chi connectivity index (χ1n) is 7.94. The molecular formula is C17H29N3O. The molecule has 1 aliphatic rings. The van der Waals surface area contributed by atoms with Gasteiger partial charge in [-0.05, 0) is 11.8 Å². The quantitative estimate of drug-likeness (QED) is 0.845. The van der Waals surface area contributed by atoms with Gasteiger partial charge < -0.3 is 9.84 Å². The van der Waals surface area contributed by atoms with Gasteiger partial charge in [0.15, 0.2) is 5.76 Å². The number of rotatable bonds is 5. The van der Waals surface area contributed by atoms with Crippen LogP contribution in [0.4, 0.5) is 0 Å². The average molecular weight is 291 g/mol. The summed E-state index contributed by atoms with van der Waals surface area (Å²) >= 11 is 0. The smallest absolute Gasteiger partial charge is 0.151 e. The van der Waals surface area contributed by atoms with Crippen molar-refractivity contribution < 1.29 is 4.52 Å². The van der Waals surface area contributed by atoms with Crippen LogP contribution in [-0.4, -0.2) is 29.2 Å². The summed E-state index contributed by atoms with van der Waals surface area (Å²) in [6.45, 7) is 14.9. The van der Waals surface area contributed by atoms with Crippen LogP contribution in [-0.2, 0) is 13.1 Å². The molecule has 21 heavy (non-hydrogen) atoms. The van der Waals surface area contributed by atoms with Crippen molar-refractivity contribution in [3.05, 3.63) is 29.2 Å². The van der Waals surface area contributed by atoms with Gasteiger partial charge in [0, 0.05) is 31.7 Å². The molecule has 1 aromatic rings. The first kappa shape index (κ1) is 16.2. The van der Waals surface area contributed by atoms with Gasteiger partial charge in [-0.25, -0.2) is 0 Å². The Labute approximate surface area is 128 Å². The summed E-state index contributed by atoms with van der Waals surface area (Å²) in [4.78, 5) is 2.41. The molecule has 0 bridgehead atoms. The van der Waals surface area contributed by atoms with E-state index in [4.69, 9.17) is 4.52 Å². The van der Waals surface area contributed by atoms with Gasteiger partial charge >= 0.3 is 0 Å². The topological polar surface area (TPSA) is 41.3 Å². The lowest BCUT2D eigenvalue weighted by atomic mass is 9.83. The molecule has 0 atom stereocenters. The van der Waals surface area contributed by atoms with Crippen molar-refractivity contribution in [2.45, 2.75) is 60.2 Å². The maximum Gasteiger partial charge on any atom is 0.151 e. The Kier molecular flexibility index (Phi) is 5.22. The van der Waals surface area contributed by atoms with Crippen LogP contribution in [0.1, 0.15) is 52.5 Å². The van der Waals surface area contributed by atoms with Crippen molar-refractivity contribution in [2.75, 3.05) is 13.1 Å². The largest absolute Gasteiger partial charge is 0.360 e. The molecule has 1 N–H and O–H groups in total. The van der Waals surface area contributed by atoms with E-state index < -0.39 is 0 Å². The van der Waals surface area contributed by atoms with Crippen molar-refractivity contribution >= 4 is 0 Å². The lowest BCUT2D eigenvalue weighted by molar-refractivity contribution is 0.236. The second-order valence-corrected chi connectivity index (χ2v) is 7.28. The predicted molar refractivity (Wildman–Crippen MR) is 85.9 cm³/mol. The second-order valence-electron chi connectivity index (χ2n) is 7.28. The first-order chi connectivity index (χ1) is 9.84. The summed E-state index contributed by atoms with van der Waals surface area (Å²) in [5, 5.41) is 7.48. The molecular weight excluding hydrogens is 262 g/mol. The summed E-state index contributed by atoms with van der Waals surface area (Å²) < 4.78 is 5.44. The van der Waals surface area contributed by atoms with E-state index in [1.807, 2.05) is 0 Å². The fraction of sp³-hybridized carbons (Fsp3) is 0.706. The van der Waals surface area contributed by atoms with Crippen LogP contribution < -0.4 is 5.32 Å². The van der Waals surface area contributed by atoms with Gasteiger partial charge in [0.25, 0.3) is 0 Å². The van der Waals surface area contributed by atoms with Crippen LogP contribution >= 0.6 is 0 Å². The van der Waals surface area contributed by atoms with E-state index in [2.05, 4.69) is 62.1 Å². The predicted octanol–water partition coefficient (Wildman–Crippen LogP) is 3.35. The molecule has 1 aliphatic heterocycles. The van der Waals surface area contributed by atoms with Gasteiger partial charge in [-0.15, -0.1) is 0 Å². The molecule has 118 valence electrons. The first-order valence-corrected chi connectivity index (χ1v) is 7.94. The summed E-state index contributed by atoms with van der Waals surface area (Å²) in [5.41, 5.74) is 2.85. The molecule has 0 unspecified atom stereocenters. The molecule has 0 saturated carbocycles. The van der Waals surface area contributed by atoms with Crippen molar-refractivity contribution in [1.29, 1.82) is 0 Å². The normalized spacial score (nSPS) is 17.3. The third-order valence-electron chi connectivity index (χ3n) is 3.94. The minimum Gasteiger partial charge on any atom is -0.360 e. The van der Waals surface area contributed by atoms with Crippen LogP contribution in [0.3, 0.4) is 0 Å². The van der Waals surface area contributed by atoms with Gasteiger partial charge in [0.2, 0.25) is 0 Å². The van der Waals surface area contributed by atoms with Crippen LogP contribution in [0, 0.1) is 5.41 Å². The molecule has 4 nitrogen and oxygen atoms in total. The van der Waals surface area contributed by atoms with E-state index in [1.165, 1.54) is 0 Å². The van der Waals surface area contributed by atoms with E-state index in [-0.39, 0.29) is 0 Å². The van der Waals surface area contributed by atoms with Gasteiger partial charge in [0.05, 0.1) is 12.2 Å². The van der Waals surface area contributed by atoms with E-state index in [0.29, 0.717) is 11.5 Å². The molecule has 1 aromatic heterocycles. The van der Waals surface area contributed by atoms with Crippen LogP contribution in [0.5, 0.6) is 0 Å². The van der Waals surface area contributed by atoms with Gasteiger partial charge in [-0.1, -0.05) is 51.4 Å². The molecule has 0 saturated heterocycles. The van der Waals surface area contributed by atoms with Crippen molar-refractivity contribution in [2.24, 2.45) is 5.41 Å².